The maximum absolute atomic E-state index is 5.32. The maximum atomic E-state index is 5.32. The first-order chi connectivity index (χ1) is 10.4. The van der Waals surface area contributed by atoms with Crippen LogP contribution in [0.15, 0.2) is 32.1 Å². The lowest BCUT2D eigenvalue weighted by Gasteiger charge is -2.44. The van der Waals surface area contributed by atoms with Crippen LogP contribution < -0.4 is 22.9 Å². The molecule has 2 atom stereocenters. The SMILES string of the molecule is C[C@]12CC/C(=N\N=C(N)N)C=C1CCC[C@@H]2/C=N/N=C(N)N. The predicted molar refractivity (Wildman–Crippen MR) is 90.3 cm³/mol. The van der Waals surface area contributed by atoms with Crippen molar-refractivity contribution in [3.8, 4) is 0 Å². The molecule has 0 unspecified atom stereocenters. The van der Waals surface area contributed by atoms with Crippen molar-refractivity contribution in [1.82, 2.24) is 0 Å². The number of nitrogens with two attached hydrogens (primary N) is 4. The summed E-state index contributed by atoms with van der Waals surface area (Å²) in [7, 11) is 0. The van der Waals surface area contributed by atoms with Gasteiger partial charge in [-0.05, 0) is 43.6 Å². The third kappa shape index (κ3) is 3.63. The topological polar surface area (TPSA) is 154 Å². The molecule has 0 amide bonds. The Morgan fingerprint density at radius 1 is 1.18 bits per heavy atom. The van der Waals surface area contributed by atoms with Gasteiger partial charge in [-0.25, -0.2) is 0 Å². The molecule has 1 fully saturated rings. The molecule has 120 valence electrons. The number of rotatable bonds is 3. The van der Waals surface area contributed by atoms with Crippen molar-refractivity contribution in [2.24, 2.45) is 54.7 Å². The van der Waals surface area contributed by atoms with E-state index in [0.717, 1.165) is 37.8 Å². The van der Waals surface area contributed by atoms with Crippen molar-refractivity contribution in [2.75, 3.05) is 0 Å². The smallest absolute Gasteiger partial charge is 0.211 e. The molecule has 1 saturated carbocycles. The van der Waals surface area contributed by atoms with E-state index >= 15 is 0 Å². The Kier molecular flexibility index (Phi) is 4.79. The monoisotopic (exact) mass is 304 g/mol. The average Bonchev–Trinajstić information content (AvgIpc) is 2.45. The summed E-state index contributed by atoms with van der Waals surface area (Å²) in [6, 6.07) is 0. The van der Waals surface area contributed by atoms with Crippen molar-refractivity contribution in [3.63, 3.8) is 0 Å². The largest absolute Gasteiger partial charge is 0.369 e. The van der Waals surface area contributed by atoms with Gasteiger partial charge in [-0.3, -0.25) is 0 Å². The van der Waals surface area contributed by atoms with Crippen LogP contribution in [0.25, 0.3) is 0 Å². The summed E-state index contributed by atoms with van der Waals surface area (Å²) in [5.74, 6) is 0.272. The van der Waals surface area contributed by atoms with E-state index in [2.05, 4.69) is 33.4 Å². The van der Waals surface area contributed by atoms with Crippen LogP contribution in [-0.4, -0.2) is 23.8 Å². The summed E-state index contributed by atoms with van der Waals surface area (Å²) in [5.41, 5.74) is 23.6. The molecular formula is C14H24N8. The van der Waals surface area contributed by atoms with E-state index < -0.39 is 0 Å². The molecule has 2 aliphatic carbocycles. The van der Waals surface area contributed by atoms with Crippen LogP contribution in [0.1, 0.15) is 39.0 Å². The summed E-state index contributed by atoms with van der Waals surface area (Å²) in [6.07, 6.45) is 9.05. The molecule has 8 heteroatoms. The van der Waals surface area contributed by atoms with Crippen LogP contribution in [-0.2, 0) is 0 Å². The fourth-order valence-electron chi connectivity index (χ4n) is 3.22. The van der Waals surface area contributed by atoms with Gasteiger partial charge in [-0.2, -0.15) is 10.2 Å². The first-order valence-corrected chi connectivity index (χ1v) is 7.40. The second-order valence-electron chi connectivity index (χ2n) is 5.99. The molecule has 0 spiro atoms. The zero-order valence-corrected chi connectivity index (χ0v) is 12.9. The van der Waals surface area contributed by atoms with Gasteiger partial charge in [0.25, 0.3) is 0 Å². The van der Waals surface area contributed by atoms with Gasteiger partial charge in [0.2, 0.25) is 11.9 Å². The van der Waals surface area contributed by atoms with E-state index in [0.29, 0.717) is 5.92 Å². The van der Waals surface area contributed by atoms with E-state index in [4.69, 9.17) is 22.9 Å². The average molecular weight is 304 g/mol. The summed E-state index contributed by atoms with van der Waals surface area (Å²) < 4.78 is 0. The Bertz CT molecular complexity index is 563. The molecular weight excluding hydrogens is 280 g/mol. The van der Waals surface area contributed by atoms with Crippen molar-refractivity contribution in [1.29, 1.82) is 0 Å². The van der Waals surface area contributed by atoms with E-state index in [1.807, 2.05) is 6.21 Å². The number of allylic oxidation sites excluding steroid dienone is 2. The number of guanidine groups is 2. The molecule has 0 heterocycles. The van der Waals surface area contributed by atoms with Gasteiger partial charge in [-0.1, -0.05) is 12.5 Å². The van der Waals surface area contributed by atoms with Gasteiger partial charge in [0, 0.05) is 12.1 Å². The van der Waals surface area contributed by atoms with Gasteiger partial charge >= 0.3 is 0 Å². The highest BCUT2D eigenvalue weighted by Crippen LogP contribution is 2.49. The van der Waals surface area contributed by atoms with Gasteiger partial charge in [0.1, 0.15) is 0 Å². The minimum absolute atomic E-state index is 0.0230. The summed E-state index contributed by atoms with van der Waals surface area (Å²) in [6.45, 7) is 2.27. The van der Waals surface area contributed by atoms with Crippen molar-refractivity contribution in [2.45, 2.75) is 39.0 Å². The van der Waals surface area contributed by atoms with Gasteiger partial charge in [0.15, 0.2) is 0 Å². The van der Waals surface area contributed by atoms with Crippen molar-refractivity contribution in [3.05, 3.63) is 11.6 Å². The van der Waals surface area contributed by atoms with Crippen LogP contribution in [0.4, 0.5) is 0 Å². The van der Waals surface area contributed by atoms with E-state index in [1.54, 1.807) is 0 Å². The van der Waals surface area contributed by atoms with E-state index in [9.17, 15) is 0 Å². The van der Waals surface area contributed by atoms with Crippen LogP contribution in [0.3, 0.4) is 0 Å². The summed E-state index contributed by atoms with van der Waals surface area (Å²) in [5, 5.41) is 15.6. The van der Waals surface area contributed by atoms with Crippen LogP contribution in [0.5, 0.6) is 0 Å². The zero-order chi connectivity index (χ0) is 16.2. The molecule has 0 aromatic rings. The Hall–Kier alpha value is -2.38. The number of fused-ring (bicyclic) bond motifs is 1. The zero-order valence-electron chi connectivity index (χ0n) is 12.9. The van der Waals surface area contributed by atoms with Gasteiger partial charge in [-0.15, -0.1) is 10.2 Å². The highest BCUT2D eigenvalue weighted by atomic mass is 15.3. The quantitative estimate of drug-likeness (QED) is 0.338. The minimum atomic E-state index is -0.0247. The van der Waals surface area contributed by atoms with E-state index in [1.165, 1.54) is 5.57 Å². The lowest BCUT2D eigenvalue weighted by Crippen LogP contribution is -2.37. The summed E-state index contributed by atoms with van der Waals surface area (Å²) >= 11 is 0. The Morgan fingerprint density at radius 2 is 1.91 bits per heavy atom. The van der Waals surface area contributed by atoms with Crippen LogP contribution in [0, 0.1) is 11.3 Å². The fourth-order valence-corrected chi connectivity index (χ4v) is 3.22. The predicted octanol–water partition coefficient (Wildman–Crippen LogP) is 0.402. The van der Waals surface area contributed by atoms with Crippen LogP contribution >= 0.6 is 0 Å². The second kappa shape index (κ2) is 6.59. The van der Waals surface area contributed by atoms with Crippen LogP contribution in [0.2, 0.25) is 0 Å². The van der Waals surface area contributed by atoms with Gasteiger partial charge < -0.3 is 22.9 Å². The minimum Gasteiger partial charge on any atom is -0.369 e. The van der Waals surface area contributed by atoms with Crippen molar-refractivity contribution >= 4 is 23.8 Å². The maximum Gasteiger partial charge on any atom is 0.211 e. The first kappa shape index (κ1) is 16.0. The number of hydrogen-bond donors (Lipinski definition) is 4. The molecule has 0 aromatic carbocycles. The molecule has 0 aromatic heterocycles. The lowest BCUT2D eigenvalue weighted by atomic mass is 9.60. The fraction of sp³-hybridized carbons (Fsp3) is 0.571. The molecule has 0 aliphatic heterocycles. The lowest BCUT2D eigenvalue weighted by molar-refractivity contribution is 0.230. The highest BCUT2D eigenvalue weighted by Gasteiger charge is 2.41. The molecule has 8 nitrogen and oxygen atoms in total. The molecule has 0 bridgehead atoms. The Labute approximate surface area is 130 Å². The highest BCUT2D eigenvalue weighted by molar-refractivity contribution is 5.97. The molecule has 2 rings (SSSR count). The second-order valence-corrected chi connectivity index (χ2v) is 5.99. The first-order valence-electron chi connectivity index (χ1n) is 7.40. The molecule has 22 heavy (non-hydrogen) atoms. The standard InChI is InChI=1S/C14H24N8/c1-14-6-5-11(20-22-13(17)18)7-9(14)3-2-4-10(14)8-19-21-12(15)16/h7-8,10H,2-6H2,1H3,(H4,15,16,21)(H4,17,18,22)/b19-8+,20-11+/t10-,14+/m1/s1. The molecule has 0 radical (unpaired) electrons. The Balaban J connectivity index is 2.23. The third-order valence-corrected chi connectivity index (χ3v) is 4.47. The third-order valence-electron chi connectivity index (χ3n) is 4.47. The number of nitrogens with zero attached hydrogens (tertiary/aromatic N) is 4. The Morgan fingerprint density at radius 3 is 2.59 bits per heavy atom. The summed E-state index contributed by atoms with van der Waals surface area (Å²) in [4.78, 5) is 0. The normalized spacial score (nSPS) is 29.8. The van der Waals surface area contributed by atoms with Crippen molar-refractivity contribution < 1.29 is 0 Å². The van der Waals surface area contributed by atoms with Gasteiger partial charge in [0.05, 0.1) is 5.71 Å². The molecule has 8 N–H and O–H groups in total. The molecule has 0 saturated heterocycles. The number of hydrogen-bond acceptors (Lipinski definition) is 4. The molecule has 2 aliphatic rings. The van der Waals surface area contributed by atoms with E-state index in [-0.39, 0.29) is 17.3 Å².